The molecule has 0 amide bonds. The van der Waals surface area contributed by atoms with E-state index in [2.05, 4.69) is 47.5 Å². The van der Waals surface area contributed by atoms with Crippen molar-refractivity contribution in [2.24, 2.45) is 5.92 Å². The predicted molar refractivity (Wildman–Crippen MR) is 86.7 cm³/mol. The molecule has 3 atom stereocenters. The van der Waals surface area contributed by atoms with E-state index in [0.29, 0.717) is 12.0 Å². The summed E-state index contributed by atoms with van der Waals surface area (Å²) in [6, 6.07) is 9.16. The summed E-state index contributed by atoms with van der Waals surface area (Å²) in [5.74, 6) is 0.312. The van der Waals surface area contributed by atoms with E-state index >= 15 is 0 Å². The van der Waals surface area contributed by atoms with Crippen LogP contribution in [0.3, 0.4) is 0 Å². The van der Waals surface area contributed by atoms with Gasteiger partial charge >= 0.3 is 0 Å². The van der Waals surface area contributed by atoms with Crippen LogP contribution in [-0.2, 0) is 10.2 Å². The van der Waals surface area contributed by atoms with E-state index in [-0.39, 0.29) is 5.41 Å². The van der Waals surface area contributed by atoms with Crippen molar-refractivity contribution < 1.29 is 4.79 Å². The number of hydrogen-bond acceptors (Lipinski definition) is 3. The van der Waals surface area contributed by atoms with Gasteiger partial charge < -0.3 is 5.32 Å². The minimum Gasteiger partial charge on any atom is -0.358 e. The van der Waals surface area contributed by atoms with Gasteiger partial charge in [-0.1, -0.05) is 29.8 Å². The van der Waals surface area contributed by atoms with Crippen molar-refractivity contribution in [3.8, 4) is 0 Å². The summed E-state index contributed by atoms with van der Waals surface area (Å²) in [4.78, 5) is 14.6. The zero-order valence-corrected chi connectivity index (χ0v) is 12.8. The Morgan fingerprint density at radius 3 is 3.05 bits per heavy atom. The molecule has 3 aliphatic heterocycles. The Morgan fingerprint density at radius 1 is 1.36 bits per heavy atom. The number of aldehydes is 1. The molecule has 3 nitrogen and oxygen atoms in total. The lowest BCUT2D eigenvalue weighted by molar-refractivity contribution is -0.105. The van der Waals surface area contributed by atoms with Crippen molar-refractivity contribution in [2.75, 3.05) is 18.4 Å². The molecule has 0 aromatic heterocycles. The largest absolute Gasteiger partial charge is 0.358 e. The van der Waals surface area contributed by atoms with Gasteiger partial charge in [0.25, 0.3) is 0 Å². The van der Waals surface area contributed by atoms with Crippen LogP contribution in [0, 0.1) is 5.92 Å². The first-order chi connectivity index (χ1) is 10.8. The van der Waals surface area contributed by atoms with Crippen LogP contribution in [0.25, 0.3) is 0 Å². The summed E-state index contributed by atoms with van der Waals surface area (Å²) in [5.41, 5.74) is 6.25. The Hall–Kier alpha value is -1.87. The van der Waals surface area contributed by atoms with Gasteiger partial charge in [0.2, 0.25) is 0 Å². The molecule has 3 heteroatoms. The van der Waals surface area contributed by atoms with Crippen molar-refractivity contribution in [3.63, 3.8) is 0 Å². The Kier molecular flexibility index (Phi) is 2.36. The van der Waals surface area contributed by atoms with Crippen LogP contribution < -0.4 is 5.32 Å². The van der Waals surface area contributed by atoms with E-state index in [1.165, 1.54) is 22.5 Å². The molecule has 1 aromatic rings. The number of nitrogens with zero attached hydrogens (tertiary/aromatic N) is 1. The monoisotopic (exact) mass is 292 g/mol. The van der Waals surface area contributed by atoms with Crippen molar-refractivity contribution >= 4 is 12.0 Å². The molecule has 112 valence electrons. The number of piperidine rings is 1. The minimum atomic E-state index is 0.0304. The molecule has 1 aliphatic carbocycles. The Bertz CT molecular complexity index is 748. The first kappa shape index (κ1) is 12.7. The second kappa shape index (κ2) is 4.11. The fourth-order valence-corrected chi connectivity index (χ4v) is 5.44. The minimum absolute atomic E-state index is 0.0304. The van der Waals surface area contributed by atoms with Crippen LogP contribution in [0.5, 0.6) is 0 Å². The van der Waals surface area contributed by atoms with E-state index in [9.17, 15) is 4.79 Å². The van der Waals surface area contributed by atoms with Gasteiger partial charge in [-0.2, -0.15) is 0 Å². The van der Waals surface area contributed by atoms with Gasteiger partial charge in [-0.05, 0) is 31.4 Å². The lowest BCUT2D eigenvalue weighted by Gasteiger charge is -2.48. The molecule has 22 heavy (non-hydrogen) atoms. The molecular formula is C19H20N2O. The van der Waals surface area contributed by atoms with Gasteiger partial charge in [-0.3, -0.25) is 9.69 Å². The topological polar surface area (TPSA) is 32.3 Å². The predicted octanol–water partition coefficient (Wildman–Crippen LogP) is 2.86. The van der Waals surface area contributed by atoms with E-state index in [4.69, 9.17) is 0 Å². The molecule has 0 saturated carbocycles. The Balaban J connectivity index is 1.83. The van der Waals surface area contributed by atoms with Crippen LogP contribution in [0.2, 0.25) is 0 Å². The number of allylic oxidation sites excluding steroid dienone is 2. The molecule has 2 fully saturated rings. The molecule has 1 N–H and O–H groups in total. The smallest absolute Gasteiger partial charge is 0.148 e. The van der Waals surface area contributed by atoms with Crippen LogP contribution >= 0.6 is 0 Å². The fourth-order valence-electron chi connectivity index (χ4n) is 5.44. The molecule has 5 rings (SSSR count). The van der Waals surface area contributed by atoms with Gasteiger partial charge in [0.05, 0.1) is 5.41 Å². The number of carbonyl (C=O) groups is 1. The lowest BCUT2D eigenvalue weighted by Crippen LogP contribution is -2.52. The number of anilines is 1. The standard InChI is InChI=1S/C19H20N2O/c1-2-12-10-21-8-7-19-15-5-3-4-6-16(15)20-18(19)14(11-22)13(12)9-17(19)21/h2-6,11,13,17,20H,7-10H2,1H3/b12-2-/t13-,17+,19?/m1/s1. The quantitative estimate of drug-likeness (QED) is 0.638. The highest BCUT2D eigenvalue weighted by Crippen LogP contribution is 2.60. The number of carbonyl (C=O) groups excluding carboxylic acids is 1. The molecular weight excluding hydrogens is 272 g/mol. The van der Waals surface area contributed by atoms with Gasteiger partial charge in [0, 0.05) is 42.0 Å². The third-order valence-electron chi connectivity index (χ3n) is 6.37. The van der Waals surface area contributed by atoms with E-state index in [1.807, 2.05) is 0 Å². The number of para-hydroxylation sites is 1. The molecule has 2 bridgehead atoms. The second-order valence-corrected chi connectivity index (χ2v) is 6.98. The van der Waals surface area contributed by atoms with Crippen molar-refractivity contribution in [1.82, 2.24) is 4.90 Å². The van der Waals surface area contributed by atoms with E-state index < -0.39 is 0 Å². The Labute approximate surface area is 130 Å². The third kappa shape index (κ3) is 1.25. The molecule has 4 aliphatic rings. The number of hydrogen-bond donors (Lipinski definition) is 1. The van der Waals surface area contributed by atoms with Crippen molar-refractivity contribution in [3.05, 3.63) is 52.7 Å². The fraction of sp³-hybridized carbons (Fsp3) is 0.421. The summed E-state index contributed by atoms with van der Waals surface area (Å²) in [6.45, 7) is 4.26. The number of nitrogens with one attached hydrogen (secondary N) is 1. The normalized spacial score (nSPS) is 37.0. The number of benzene rings is 1. The summed E-state index contributed by atoms with van der Waals surface area (Å²) in [6.07, 6.45) is 5.55. The molecule has 0 radical (unpaired) electrons. The second-order valence-electron chi connectivity index (χ2n) is 6.98. The molecule has 3 heterocycles. The van der Waals surface area contributed by atoms with Gasteiger partial charge in [0.1, 0.15) is 6.29 Å². The molecule has 1 aromatic carbocycles. The summed E-state index contributed by atoms with van der Waals surface area (Å²) < 4.78 is 0. The summed E-state index contributed by atoms with van der Waals surface area (Å²) in [5, 5.41) is 3.62. The van der Waals surface area contributed by atoms with E-state index in [1.54, 1.807) is 0 Å². The first-order valence-corrected chi connectivity index (χ1v) is 8.25. The van der Waals surface area contributed by atoms with Crippen LogP contribution in [0.15, 0.2) is 47.2 Å². The van der Waals surface area contributed by atoms with Crippen molar-refractivity contribution in [1.29, 1.82) is 0 Å². The SMILES string of the molecule is C/C=C1/CN2CCC34C(=C(C=O)[C@@H]1C[C@H]23)Nc1ccccc14. The van der Waals surface area contributed by atoms with E-state index in [0.717, 1.165) is 37.8 Å². The average molecular weight is 292 g/mol. The highest BCUT2D eigenvalue weighted by molar-refractivity contribution is 5.84. The van der Waals surface area contributed by atoms with Gasteiger partial charge in [-0.25, -0.2) is 0 Å². The van der Waals surface area contributed by atoms with Crippen LogP contribution in [0.4, 0.5) is 5.69 Å². The zero-order chi connectivity index (χ0) is 14.9. The maximum atomic E-state index is 11.9. The van der Waals surface area contributed by atoms with Crippen molar-refractivity contribution in [2.45, 2.75) is 31.2 Å². The maximum Gasteiger partial charge on any atom is 0.148 e. The third-order valence-corrected chi connectivity index (χ3v) is 6.37. The number of rotatable bonds is 1. The lowest BCUT2D eigenvalue weighted by atomic mass is 9.62. The molecule has 2 saturated heterocycles. The zero-order valence-electron chi connectivity index (χ0n) is 12.8. The van der Waals surface area contributed by atoms with Gasteiger partial charge in [0.15, 0.2) is 0 Å². The molecule has 1 spiro atoms. The first-order valence-electron chi connectivity index (χ1n) is 8.25. The molecule has 1 unspecified atom stereocenters. The average Bonchev–Trinajstić information content (AvgIpc) is 3.11. The summed E-state index contributed by atoms with van der Waals surface area (Å²) >= 11 is 0. The number of fused-ring (bicyclic) bond motifs is 2. The summed E-state index contributed by atoms with van der Waals surface area (Å²) in [7, 11) is 0. The maximum absolute atomic E-state index is 11.9. The Morgan fingerprint density at radius 2 is 2.23 bits per heavy atom. The van der Waals surface area contributed by atoms with Gasteiger partial charge in [-0.15, -0.1) is 0 Å². The highest BCUT2D eigenvalue weighted by atomic mass is 16.1. The van der Waals surface area contributed by atoms with Crippen LogP contribution in [0.1, 0.15) is 25.3 Å². The van der Waals surface area contributed by atoms with Crippen LogP contribution in [-0.4, -0.2) is 30.3 Å². The highest BCUT2D eigenvalue weighted by Gasteiger charge is 2.60.